The van der Waals surface area contributed by atoms with Gasteiger partial charge in [-0.25, -0.2) is 4.98 Å². The Morgan fingerprint density at radius 2 is 1.78 bits per heavy atom. The van der Waals surface area contributed by atoms with Gasteiger partial charge in [-0.15, -0.1) is 15.1 Å². The molecule has 3 heterocycles. The van der Waals surface area contributed by atoms with Gasteiger partial charge in [-0.3, -0.25) is 0 Å². The summed E-state index contributed by atoms with van der Waals surface area (Å²) in [4.78, 5) is 21.3. The van der Waals surface area contributed by atoms with E-state index in [-0.39, 0.29) is 11.1 Å². The lowest BCUT2D eigenvalue weighted by atomic mass is 9.79. The summed E-state index contributed by atoms with van der Waals surface area (Å²) in [5.41, 5.74) is 3.43. The van der Waals surface area contributed by atoms with Gasteiger partial charge in [0.1, 0.15) is 11.5 Å². The monoisotopic (exact) mass is 433 g/mol. The summed E-state index contributed by atoms with van der Waals surface area (Å²) in [6.07, 6.45) is 3.79. The second-order valence-electron chi connectivity index (χ2n) is 10.1. The van der Waals surface area contributed by atoms with Gasteiger partial charge in [0, 0.05) is 47.2 Å². The highest BCUT2D eigenvalue weighted by Gasteiger charge is 2.39. The average molecular weight is 434 g/mol. The lowest BCUT2D eigenvalue weighted by molar-refractivity contribution is 0.160. The summed E-state index contributed by atoms with van der Waals surface area (Å²) in [6, 6.07) is 9.68. The van der Waals surface area contributed by atoms with Crippen LogP contribution in [0.25, 0.3) is 22.6 Å². The maximum Gasteiger partial charge on any atom is 0.151 e. The molecule has 0 aliphatic carbocycles. The Morgan fingerprint density at radius 1 is 1.06 bits per heavy atom. The molecule has 0 saturated carbocycles. The number of nitroso groups, excluding NO2 is 1. The summed E-state index contributed by atoms with van der Waals surface area (Å²) in [5.74, 6) is 1.52. The first-order valence-electron chi connectivity index (χ1n) is 10.9. The van der Waals surface area contributed by atoms with Crippen LogP contribution in [0.3, 0.4) is 0 Å². The normalized spacial score (nSPS) is 17.8. The van der Waals surface area contributed by atoms with Crippen LogP contribution in [0.1, 0.15) is 46.2 Å². The van der Waals surface area contributed by atoms with Gasteiger partial charge in [-0.1, -0.05) is 6.07 Å². The number of aryl methyl sites for hydroxylation is 1. The predicted molar refractivity (Wildman–Crippen MR) is 128 cm³/mol. The third-order valence-corrected chi connectivity index (χ3v) is 6.08. The van der Waals surface area contributed by atoms with Crippen molar-refractivity contribution in [2.75, 3.05) is 11.9 Å². The van der Waals surface area contributed by atoms with Crippen molar-refractivity contribution in [3.63, 3.8) is 0 Å². The molecule has 2 N–H and O–H groups in total. The largest absolute Gasteiger partial charge is 0.355 e. The van der Waals surface area contributed by atoms with E-state index in [0.29, 0.717) is 28.8 Å². The fourth-order valence-electron chi connectivity index (χ4n) is 4.92. The molecule has 3 aromatic rings. The molecule has 1 aliphatic heterocycles. The molecule has 0 unspecified atom stereocenters. The van der Waals surface area contributed by atoms with E-state index in [1.807, 2.05) is 31.2 Å². The summed E-state index contributed by atoms with van der Waals surface area (Å²) >= 11 is 0. The van der Waals surface area contributed by atoms with Crippen LogP contribution >= 0.6 is 0 Å². The van der Waals surface area contributed by atoms with Gasteiger partial charge in [-0.2, -0.15) is 0 Å². The van der Waals surface area contributed by atoms with Gasteiger partial charge in [0.05, 0.1) is 5.69 Å². The van der Waals surface area contributed by atoms with Crippen molar-refractivity contribution in [2.45, 2.75) is 64.6 Å². The zero-order chi connectivity index (χ0) is 23.1. The number of piperidine rings is 1. The molecule has 0 bridgehead atoms. The number of rotatable bonds is 5. The SMILES string of the molecule is Cc1cnc(-c2ccc(-c3ccc(N(C)C4CC(C)(C)NC(C)(C)C4)nn3)c(N=O)c2)[nH]1. The van der Waals surface area contributed by atoms with Gasteiger partial charge in [0.25, 0.3) is 0 Å². The molecule has 1 fully saturated rings. The van der Waals surface area contributed by atoms with E-state index in [4.69, 9.17) is 0 Å². The molecule has 0 amide bonds. The van der Waals surface area contributed by atoms with Crippen LogP contribution < -0.4 is 10.2 Å². The second kappa shape index (κ2) is 8.09. The number of imidazole rings is 1. The maximum atomic E-state index is 11.5. The van der Waals surface area contributed by atoms with E-state index < -0.39 is 0 Å². The lowest BCUT2D eigenvalue weighted by Gasteiger charge is -2.49. The third-order valence-electron chi connectivity index (χ3n) is 6.08. The van der Waals surface area contributed by atoms with Crippen LogP contribution in [0.15, 0.2) is 41.7 Å². The first kappa shape index (κ1) is 22.1. The van der Waals surface area contributed by atoms with Crippen LogP contribution in [0.2, 0.25) is 0 Å². The Kier molecular flexibility index (Phi) is 5.58. The highest BCUT2D eigenvalue weighted by atomic mass is 16.3. The number of nitrogens with zero attached hydrogens (tertiary/aromatic N) is 5. The molecule has 1 aromatic carbocycles. The quantitative estimate of drug-likeness (QED) is 0.550. The van der Waals surface area contributed by atoms with Crippen molar-refractivity contribution in [3.05, 3.63) is 47.1 Å². The van der Waals surface area contributed by atoms with Crippen LogP contribution in [0, 0.1) is 11.8 Å². The Morgan fingerprint density at radius 3 is 2.34 bits per heavy atom. The number of H-pyrrole nitrogens is 1. The number of aromatic amines is 1. The standard InChI is InChI=1S/C24H31N7O/c1-15-14-25-22(26-15)16-7-8-18(20(11-16)29-32)19-9-10-21(28-27-19)31(6)17-12-23(2,3)30-24(4,5)13-17/h7-11,14,17,30H,12-13H2,1-6H3,(H,25,26). The second-order valence-corrected chi connectivity index (χ2v) is 10.1. The minimum absolute atomic E-state index is 0.0485. The number of hydrogen-bond acceptors (Lipinski definition) is 7. The van der Waals surface area contributed by atoms with Crippen molar-refractivity contribution in [2.24, 2.45) is 5.18 Å². The first-order chi connectivity index (χ1) is 15.1. The van der Waals surface area contributed by atoms with E-state index in [9.17, 15) is 4.91 Å². The van der Waals surface area contributed by atoms with Crippen molar-refractivity contribution in [1.82, 2.24) is 25.5 Å². The Bertz CT molecular complexity index is 1100. The van der Waals surface area contributed by atoms with Gasteiger partial charge in [-0.05, 0) is 76.9 Å². The minimum Gasteiger partial charge on any atom is -0.355 e. The first-order valence-corrected chi connectivity index (χ1v) is 10.9. The topological polar surface area (TPSA) is 99.2 Å². The summed E-state index contributed by atoms with van der Waals surface area (Å²) in [7, 11) is 2.07. The molecule has 8 nitrogen and oxygen atoms in total. The summed E-state index contributed by atoms with van der Waals surface area (Å²) in [5, 5.41) is 15.8. The molecule has 4 rings (SSSR count). The number of aromatic nitrogens is 4. The van der Waals surface area contributed by atoms with Crippen LogP contribution in [-0.2, 0) is 0 Å². The molecule has 8 heteroatoms. The minimum atomic E-state index is 0.0485. The molecule has 168 valence electrons. The molecular formula is C24H31N7O. The highest BCUT2D eigenvalue weighted by molar-refractivity contribution is 5.78. The van der Waals surface area contributed by atoms with E-state index >= 15 is 0 Å². The van der Waals surface area contributed by atoms with Gasteiger partial charge >= 0.3 is 0 Å². The van der Waals surface area contributed by atoms with Crippen molar-refractivity contribution in [3.8, 4) is 22.6 Å². The zero-order valence-electron chi connectivity index (χ0n) is 19.6. The molecule has 2 aromatic heterocycles. The molecule has 1 saturated heterocycles. The average Bonchev–Trinajstić information content (AvgIpc) is 3.17. The number of benzene rings is 1. The van der Waals surface area contributed by atoms with E-state index in [0.717, 1.165) is 29.9 Å². The molecule has 0 spiro atoms. The lowest BCUT2D eigenvalue weighted by Crippen LogP contribution is -2.62. The fourth-order valence-corrected chi connectivity index (χ4v) is 4.92. The molecule has 0 radical (unpaired) electrons. The van der Waals surface area contributed by atoms with Gasteiger partial charge in [0.15, 0.2) is 5.82 Å². The van der Waals surface area contributed by atoms with Crippen LogP contribution in [0.4, 0.5) is 11.5 Å². The third kappa shape index (κ3) is 4.55. The predicted octanol–water partition coefficient (Wildman–Crippen LogP) is 4.99. The van der Waals surface area contributed by atoms with Crippen molar-refractivity contribution < 1.29 is 0 Å². The molecule has 1 aliphatic rings. The van der Waals surface area contributed by atoms with E-state index in [2.05, 4.69) is 70.3 Å². The summed E-state index contributed by atoms with van der Waals surface area (Å²) < 4.78 is 0. The fraction of sp³-hybridized carbons (Fsp3) is 0.458. The van der Waals surface area contributed by atoms with Gasteiger partial charge < -0.3 is 15.2 Å². The van der Waals surface area contributed by atoms with Crippen LogP contribution in [0.5, 0.6) is 0 Å². The Balaban J connectivity index is 1.58. The van der Waals surface area contributed by atoms with Crippen molar-refractivity contribution in [1.29, 1.82) is 0 Å². The smallest absolute Gasteiger partial charge is 0.151 e. The molecule has 32 heavy (non-hydrogen) atoms. The Labute approximate surface area is 188 Å². The number of nitrogens with one attached hydrogen (secondary N) is 2. The molecule has 0 atom stereocenters. The summed E-state index contributed by atoms with van der Waals surface area (Å²) in [6.45, 7) is 10.9. The highest BCUT2D eigenvalue weighted by Crippen LogP contribution is 2.35. The van der Waals surface area contributed by atoms with Gasteiger partial charge in [0.2, 0.25) is 0 Å². The zero-order valence-corrected chi connectivity index (χ0v) is 19.6. The maximum absolute atomic E-state index is 11.5. The number of hydrogen-bond donors (Lipinski definition) is 2. The van der Waals surface area contributed by atoms with Crippen molar-refractivity contribution >= 4 is 11.5 Å². The Hall–Kier alpha value is -3.13. The number of anilines is 1. The molecular weight excluding hydrogens is 402 g/mol. The van der Waals surface area contributed by atoms with E-state index in [1.54, 1.807) is 12.3 Å². The van der Waals surface area contributed by atoms with E-state index in [1.165, 1.54) is 0 Å². The van der Waals surface area contributed by atoms with Crippen LogP contribution in [-0.4, -0.2) is 44.3 Å².